The van der Waals surface area contributed by atoms with Gasteiger partial charge < -0.3 is 5.73 Å². The molecule has 0 aromatic heterocycles. The number of nitrogens with two attached hydrogens (primary N) is 1. The number of nitrogens with one attached hydrogen (secondary N) is 1. The fraction of sp³-hybridized carbons (Fsp3) is 0.0769. The maximum atomic E-state index is 13.4. The van der Waals surface area contributed by atoms with E-state index in [1.54, 1.807) is 18.2 Å². The lowest BCUT2D eigenvalue weighted by molar-refractivity contribution is 0.599. The van der Waals surface area contributed by atoms with Crippen LogP contribution in [0.4, 0.5) is 15.8 Å². The molecule has 0 aliphatic rings. The molecule has 0 spiro atoms. The lowest BCUT2D eigenvalue weighted by Crippen LogP contribution is -2.14. The van der Waals surface area contributed by atoms with Crippen molar-refractivity contribution >= 4 is 33.0 Å². The van der Waals surface area contributed by atoms with Crippen LogP contribution in [0.3, 0.4) is 0 Å². The molecular weight excluding hydrogens is 303 g/mol. The van der Waals surface area contributed by atoms with E-state index in [1.807, 2.05) is 0 Å². The molecule has 0 aliphatic heterocycles. The Hall–Kier alpha value is -1.79. The van der Waals surface area contributed by atoms with Gasteiger partial charge in [-0.3, -0.25) is 4.72 Å². The molecular formula is C13H12ClFN2O2S. The van der Waals surface area contributed by atoms with Gasteiger partial charge in [-0.15, -0.1) is 0 Å². The van der Waals surface area contributed by atoms with E-state index in [4.69, 9.17) is 17.3 Å². The van der Waals surface area contributed by atoms with Gasteiger partial charge in [0, 0.05) is 5.02 Å². The number of benzene rings is 2. The summed E-state index contributed by atoms with van der Waals surface area (Å²) in [5.41, 5.74) is 5.72. The minimum atomic E-state index is -3.85. The Balaban J connectivity index is 2.41. The Morgan fingerprint density at radius 2 is 1.95 bits per heavy atom. The fourth-order valence-corrected chi connectivity index (χ4v) is 3.04. The van der Waals surface area contributed by atoms with Gasteiger partial charge in [-0.25, -0.2) is 12.8 Å². The number of sulfonamides is 1. The first-order chi connectivity index (χ1) is 9.29. The topological polar surface area (TPSA) is 72.2 Å². The molecule has 2 aromatic carbocycles. The highest BCUT2D eigenvalue weighted by atomic mass is 35.5. The molecule has 0 saturated carbocycles. The van der Waals surface area contributed by atoms with Gasteiger partial charge in [0.15, 0.2) is 0 Å². The van der Waals surface area contributed by atoms with Crippen LogP contribution in [0, 0.1) is 12.7 Å². The number of halogens is 2. The van der Waals surface area contributed by atoms with Crippen LogP contribution >= 0.6 is 11.6 Å². The molecule has 3 N–H and O–H groups in total. The number of nitrogen functional groups attached to an aromatic ring is 1. The summed E-state index contributed by atoms with van der Waals surface area (Å²) in [5.74, 6) is -0.619. The third-order valence-corrected chi connectivity index (χ3v) is 4.24. The van der Waals surface area contributed by atoms with Gasteiger partial charge in [0.05, 0.1) is 16.3 Å². The Kier molecular flexibility index (Phi) is 3.87. The summed E-state index contributed by atoms with van der Waals surface area (Å²) < 4.78 is 40.2. The predicted octanol–water partition coefficient (Wildman–Crippen LogP) is 3.17. The van der Waals surface area contributed by atoms with Crippen molar-refractivity contribution < 1.29 is 12.8 Å². The normalized spacial score (nSPS) is 11.3. The lowest BCUT2D eigenvalue weighted by atomic mass is 10.2. The maximum absolute atomic E-state index is 13.4. The van der Waals surface area contributed by atoms with Crippen molar-refractivity contribution in [1.29, 1.82) is 0 Å². The molecule has 2 aromatic rings. The summed E-state index contributed by atoms with van der Waals surface area (Å²) in [7, 11) is -3.85. The van der Waals surface area contributed by atoms with E-state index in [2.05, 4.69) is 4.72 Å². The predicted molar refractivity (Wildman–Crippen MR) is 77.8 cm³/mol. The summed E-state index contributed by atoms with van der Waals surface area (Å²) in [6.07, 6.45) is 0. The molecule has 106 valence electrons. The van der Waals surface area contributed by atoms with Crippen molar-refractivity contribution in [2.45, 2.75) is 11.8 Å². The van der Waals surface area contributed by atoms with Gasteiger partial charge in [0.1, 0.15) is 5.82 Å². The van der Waals surface area contributed by atoms with Crippen LogP contribution in [0.2, 0.25) is 5.02 Å². The minimum absolute atomic E-state index is 0.103. The molecule has 0 atom stereocenters. The second-order valence-electron chi connectivity index (χ2n) is 4.26. The zero-order valence-electron chi connectivity index (χ0n) is 10.5. The summed E-state index contributed by atoms with van der Waals surface area (Å²) in [6.45, 7) is 1.45. The van der Waals surface area contributed by atoms with Gasteiger partial charge in [-0.2, -0.15) is 0 Å². The average molecular weight is 315 g/mol. The van der Waals surface area contributed by atoms with Crippen molar-refractivity contribution in [1.82, 2.24) is 0 Å². The van der Waals surface area contributed by atoms with Crippen LogP contribution in [0.25, 0.3) is 0 Å². The molecule has 2 rings (SSSR count). The average Bonchev–Trinajstić information content (AvgIpc) is 2.34. The van der Waals surface area contributed by atoms with E-state index in [-0.39, 0.29) is 16.1 Å². The molecule has 0 aliphatic carbocycles. The van der Waals surface area contributed by atoms with E-state index in [0.29, 0.717) is 10.7 Å². The molecule has 20 heavy (non-hydrogen) atoms. The molecule has 0 bridgehead atoms. The van der Waals surface area contributed by atoms with Crippen molar-refractivity contribution in [2.75, 3.05) is 10.5 Å². The van der Waals surface area contributed by atoms with E-state index in [1.165, 1.54) is 19.1 Å². The Bertz CT molecular complexity index is 740. The number of aryl methyl sites for hydroxylation is 1. The van der Waals surface area contributed by atoms with E-state index >= 15 is 0 Å². The van der Waals surface area contributed by atoms with Crippen LogP contribution < -0.4 is 10.5 Å². The number of hydrogen-bond acceptors (Lipinski definition) is 3. The van der Waals surface area contributed by atoms with Crippen molar-refractivity contribution in [3.05, 3.63) is 52.8 Å². The molecule has 7 heteroatoms. The van der Waals surface area contributed by atoms with E-state index in [9.17, 15) is 12.8 Å². The molecule has 4 nitrogen and oxygen atoms in total. The Morgan fingerprint density at radius 1 is 1.25 bits per heavy atom. The van der Waals surface area contributed by atoms with Crippen molar-refractivity contribution in [3.63, 3.8) is 0 Å². The Labute approximate surface area is 121 Å². The highest BCUT2D eigenvalue weighted by Crippen LogP contribution is 2.24. The van der Waals surface area contributed by atoms with Crippen LogP contribution in [0.1, 0.15) is 5.56 Å². The van der Waals surface area contributed by atoms with Crippen molar-refractivity contribution in [3.8, 4) is 0 Å². The molecule has 0 unspecified atom stereocenters. The highest BCUT2D eigenvalue weighted by molar-refractivity contribution is 7.92. The summed E-state index contributed by atoms with van der Waals surface area (Å²) in [5, 5.41) is 0.403. The van der Waals surface area contributed by atoms with Crippen molar-refractivity contribution in [2.24, 2.45) is 0 Å². The number of hydrogen-bond donors (Lipinski definition) is 2. The van der Waals surface area contributed by atoms with Crippen LogP contribution in [-0.2, 0) is 10.0 Å². The first kappa shape index (κ1) is 14.6. The van der Waals surface area contributed by atoms with E-state index in [0.717, 1.165) is 6.07 Å². The van der Waals surface area contributed by atoms with Gasteiger partial charge in [-0.1, -0.05) is 17.7 Å². The maximum Gasteiger partial charge on any atom is 0.261 e. The smallest absolute Gasteiger partial charge is 0.261 e. The van der Waals surface area contributed by atoms with Crippen LogP contribution in [0.15, 0.2) is 41.3 Å². The molecule has 0 heterocycles. The third kappa shape index (κ3) is 3.02. The summed E-state index contributed by atoms with van der Waals surface area (Å²) in [4.78, 5) is -0.103. The minimum Gasteiger partial charge on any atom is -0.396 e. The standard InChI is InChI=1S/C13H12ClFN2O2S/c1-8-5-11(7-12(16)13(8)15)20(18,19)17-10-4-2-3-9(14)6-10/h2-7,17H,16H2,1H3. The fourth-order valence-electron chi connectivity index (χ4n) is 1.68. The summed E-state index contributed by atoms with van der Waals surface area (Å²) >= 11 is 5.79. The zero-order valence-corrected chi connectivity index (χ0v) is 12.1. The lowest BCUT2D eigenvalue weighted by Gasteiger charge is -2.10. The first-order valence-electron chi connectivity index (χ1n) is 5.63. The second-order valence-corrected chi connectivity index (χ2v) is 6.38. The van der Waals surface area contributed by atoms with Gasteiger partial charge in [0.2, 0.25) is 0 Å². The summed E-state index contributed by atoms with van der Waals surface area (Å²) in [6, 6.07) is 8.57. The first-order valence-corrected chi connectivity index (χ1v) is 7.50. The van der Waals surface area contributed by atoms with Gasteiger partial charge in [-0.05, 0) is 42.8 Å². The number of rotatable bonds is 3. The monoisotopic (exact) mass is 314 g/mol. The molecule has 0 amide bonds. The SMILES string of the molecule is Cc1cc(S(=O)(=O)Nc2cccc(Cl)c2)cc(N)c1F. The Morgan fingerprint density at radius 3 is 2.55 bits per heavy atom. The number of anilines is 2. The van der Waals surface area contributed by atoms with Crippen LogP contribution in [0.5, 0.6) is 0 Å². The largest absolute Gasteiger partial charge is 0.396 e. The molecule has 0 saturated heterocycles. The quantitative estimate of drug-likeness (QED) is 0.855. The van der Waals surface area contributed by atoms with E-state index < -0.39 is 15.8 Å². The molecule has 0 fully saturated rings. The van der Waals surface area contributed by atoms with Gasteiger partial charge >= 0.3 is 0 Å². The third-order valence-electron chi connectivity index (χ3n) is 2.64. The molecule has 0 radical (unpaired) electrons. The van der Waals surface area contributed by atoms with Crippen LogP contribution in [-0.4, -0.2) is 8.42 Å². The zero-order chi connectivity index (χ0) is 14.9. The van der Waals surface area contributed by atoms with Gasteiger partial charge in [0.25, 0.3) is 10.0 Å². The highest BCUT2D eigenvalue weighted by Gasteiger charge is 2.17. The second kappa shape index (κ2) is 5.30.